The summed E-state index contributed by atoms with van der Waals surface area (Å²) in [5, 5.41) is 5.51. The van der Waals surface area contributed by atoms with Crippen LogP contribution < -0.4 is 16.4 Å². The maximum atomic E-state index is 12.2. The number of rotatable bonds is 5. The van der Waals surface area contributed by atoms with Gasteiger partial charge in [-0.1, -0.05) is 18.9 Å². The molecule has 21 heavy (non-hydrogen) atoms. The molecule has 1 saturated carbocycles. The first-order chi connectivity index (χ1) is 10.0. The van der Waals surface area contributed by atoms with Gasteiger partial charge in [0.15, 0.2) is 0 Å². The lowest BCUT2D eigenvalue weighted by Crippen LogP contribution is -2.48. The van der Waals surface area contributed by atoms with Crippen LogP contribution in [0.25, 0.3) is 0 Å². The van der Waals surface area contributed by atoms with Crippen LogP contribution in [0.4, 0.5) is 11.4 Å². The number of amides is 2. The number of carbonyl (C=O) groups is 2. The molecular formula is C15H21N3O3. The van der Waals surface area contributed by atoms with Crippen LogP contribution in [-0.4, -0.2) is 31.1 Å². The Bertz CT molecular complexity index is 525. The Morgan fingerprint density at radius 3 is 2.48 bits per heavy atom. The van der Waals surface area contributed by atoms with Crippen molar-refractivity contribution in [3.8, 4) is 0 Å². The summed E-state index contributed by atoms with van der Waals surface area (Å²) < 4.78 is 4.75. The van der Waals surface area contributed by atoms with Crippen LogP contribution in [0.15, 0.2) is 24.3 Å². The van der Waals surface area contributed by atoms with E-state index in [1.807, 2.05) is 0 Å². The number of nitrogens with two attached hydrogens (primary N) is 1. The zero-order valence-corrected chi connectivity index (χ0v) is 12.1. The number of carbonyl (C=O) groups excluding carboxylic acids is 2. The first-order valence-corrected chi connectivity index (χ1v) is 7.03. The molecule has 1 aromatic carbocycles. The Morgan fingerprint density at radius 1 is 1.24 bits per heavy atom. The fourth-order valence-corrected chi connectivity index (χ4v) is 2.49. The number of nitrogens with one attached hydrogen (secondary N) is 2. The van der Waals surface area contributed by atoms with E-state index in [9.17, 15) is 9.59 Å². The van der Waals surface area contributed by atoms with Gasteiger partial charge in [-0.25, -0.2) is 0 Å². The van der Waals surface area contributed by atoms with Gasteiger partial charge >= 0.3 is 0 Å². The standard InChI is InChI=1S/C15H21N3O3/c1-21-10-13(19)17-11-5-4-6-12(9-11)18-14(20)15(16)7-2-3-8-15/h4-6,9H,2-3,7-8,10,16H2,1H3,(H,17,19)(H,18,20). The summed E-state index contributed by atoms with van der Waals surface area (Å²) in [5.74, 6) is -0.410. The molecule has 0 saturated heterocycles. The van der Waals surface area contributed by atoms with Gasteiger partial charge in [0, 0.05) is 18.5 Å². The maximum Gasteiger partial charge on any atom is 0.250 e. The predicted molar refractivity (Wildman–Crippen MR) is 81.0 cm³/mol. The third-order valence-electron chi connectivity index (χ3n) is 3.63. The van der Waals surface area contributed by atoms with Crippen LogP contribution in [0.3, 0.4) is 0 Å². The van der Waals surface area contributed by atoms with Crippen molar-refractivity contribution < 1.29 is 14.3 Å². The second-order valence-electron chi connectivity index (χ2n) is 5.38. The lowest BCUT2D eigenvalue weighted by atomic mass is 9.98. The molecule has 0 aromatic heterocycles. The summed E-state index contributed by atoms with van der Waals surface area (Å²) >= 11 is 0. The molecule has 0 spiro atoms. The van der Waals surface area contributed by atoms with E-state index in [-0.39, 0.29) is 18.4 Å². The van der Waals surface area contributed by atoms with Gasteiger partial charge in [0.2, 0.25) is 11.8 Å². The van der Waals surface area contributed by atoms with E-state index >= 15 is 0 Å². The highest BCUT2D eigenvalue weighted by molar-refractivity contribution is 5.99. The largest absolute Gasteiger partial charge is 0.375 e. The van der Waals surface area contributed by atoms with Gasteiger partial charge in [-0.15, -0.1) is 0 Å². The molecule has 1 aliphatic rings. The highest BCUT2D eigenvalue weighted by Crippen LogP contribution is 2.28. The summed E-state index contributed by atoms with van der Waals surface area (Å²) in [6.07, 6.45) is 3.39. The average molecular weight is 291 g/mol. The fourth-order valence-electron chi connectivity index (χ4n) is 2.49. The van der Waals surface area contributed by atoms with Gasteiger partial charge in [0.05, 0.1) is 5.54 Å². The van der Waals surface area contributed by atoms with E-state index in [2.05, 4.69) is 10.6 Å². The topological polar surface area (TPSA) is 93.5 Å². The Morgan fingerprint density at radius 2 is 1.86 bits per heavy atom. The molecule has 0 unspecified atom stereocenters. The van der Waals surface area contributed by atoms with Crippen LogP contribution >= 0.6 is 0 Å². The minimum atomic E-state index is -0.769. The molecule has 1 fully saturated rings. The van der Waals surface area contributed by atoms with Crippen molar-refractivity contribution >= 4 is 23.2 Å². The van der Waals surface area contributed by atoms with Crippen LogP contribution in [0, 0.1) is 0 Å². The highest BCUT2D eigenvalue weighted by Gasteiger charge is 2.36. The Kier molecular flexibility index (Phi) is 4.93. The molecule has 1 aliphatic carbocycles. The lowest BCUT2D eigenvalue weighted by molar-refractivity contribution is -0.121. The Balaban J connectivity index is 2.00. The van der Waals surface area contributed by atoms with Crippen molar-refractivity contribution in [1.29, 1.82) is 0 Å². The first kappa shape index (κ1) is 15.5. The zero-order valence-electron chi connectivity index (χ0n) is 12.1. The number of ether oxygens (including phenoxy) is 1. The molecule has 2 rings (SSSR count). The smallest absolute Gasteiger partial charge is 0.250 e. The van der Waals surface area contributed by atoms with Gasteiger partial charge in [0.25, 0.3) is 0 Å². The molecule has 0 atom stereocenters. The second-order valence-corrected chi connectivity index (χ2v) is 5.38. The highest BCUT2D eigenvalue weighted by atomic mass is 16.5. The summed E-state index contributed by atoms with van der Waals surface area (Å²) in [6, 6.07) is 6.97. The maximum absolute atomic E-state index is 12.2. The van der Waals surface area contributed by atoms with E-state index < -0.39 is 5.54 Å². The molecule has 0 bridgehead atoms. The normalized spacial score (nSPS) is 16.5. The quantitative estimate of drug-likeness (QED) is 0.766. The minimum Gasteiger partial charge on any atom is -0.375 e. The predicted octanol–water partition coefficient (Wildman–Crippen LogP) is 1.48. The lowest BCUT2D eigenvalue weighted by Gasteiger charge is -2.22. The number of hydrogen-bond acceptors (Lipinski definition) is 4. The van der Waals surface area contributed by atoms with E-state index in [0.29, 0.717) is 24.2 Å². The molecular weight excluding hydrogens is 270 g/mol. The number of hydrogen-bond donors (Lipinski definition) is 3. The van der Waals surface area contributed by atoms with Crippen molar-refractivity contribution in [2.45, 2.75) is 31.2 Å². The van der Waals surface area contributed by atoms with Gasteiger partial charge in [-0.2, -0.15) is 0 Å². The van der Waals surface area contributed by atoms with E-state index in [4.69, 9.17) is 10.5 Å². The van der Waals surface area contributed by atoms with E-state index in [1.165, 1.54) is 7.11 Å². The van der Waals surface area contributed by atoms with Crippen molar-refractivity contribution in [1.82, 2.24) is 0 Å². The third kappa shape index (κ3) is 4.03. The molecule has 2 amide bonds. The molecule has 6 heteroatoms. The zero-order chi connectivity index (χ0) is 15.3. The summed E-state index contributed by atoms with van der Waals surface area (Å²) in [5.41, 5.74) is 6.56. The molecule has 114 valence electrons. The molecule has 4 N–H and O–H groups in total. The molecule has 0 aliphatic heterocycles. The molecule has 6 nitrogen and oxygen atoms in total. The van der Waals surface area contributed by atoms with E-state index in [0.717, 1.165) is 12.8 Å². The SMILES string of the molecule is COCC(=O)Nc1cccc(NC(=O)C2(N)CCCC2)c1. The second kappa shape index (κ2) is 6.69. The van der Waals surface area contributed by atoms with Gasteiger partial charge in [0.1, 0.15) is 6.61 Å². The average Bonchev–Trinajstić information content (AvgIpc) is 2.88. The molecule has 1 aromatic rings. The molecule has 0 radical (unpaired) electrons. The fraction of sp³-hybridized carbons (Fsp3) is 0.467. The van der Waals surface area contributed by atoms with Gasteiger partial charge < -0.3 is 21.1 Å². The first-order valence-electron chi connectivity index (χ1n) is 7.03. The molecule has 0 heterocycles. The van der Waals surface area contributed by atoms with Crippen molar-refractivity contribution in [3.63, 3.8) is 0 Å². The Labute approximate surface area is 124 Å². The van der Waals surface area contributed by atoms with E-state index in [1.54, 1.807) is 24.3 Å². The number of methoxy groups -OCH3 is 1. The van der Waals surface area contributed by atoms with Crippen LogP contribution in [0.1, 0.15) is 25.7 Å². The van der Waals surface area contributed by atoms with Crippen molar-refractivity contribution in [3.05, 3.63) is 24.3 Å². The minimum absolute atomic E-state index is 0.0114. The van der Waals surface area contributed by atoms with Crippen LogP contribution in [0.5, 0.6) is 0 Å². The van der Waals surface area contributed by atoms with Gasteiger partial charge in [-0.05, 0) is 31.0 Å². The monoisotopic (exact) mass is 291 g/mol. The summed E-state index contributed by atoms with van der Waals surface area (Å²) in [6.45, 7) is -0.0114. The van der Waals surface area contributed by atoms with Crippen LogP contribution in [-0.2, 0) is 14.3 Å². The van der Waals surface area contributed by atoms with Gasteiger partial charge in [-0.3, -0.25) is 9.59 Å². The summed E-state index contributed by atoms with van der Waals surface area (Å²) in [7, 11) is 1.46. The summed E-state index contributed by atoms with van der Waals surface area (Å²) in [4.78, 5) is 23.7. The number of anilines is 2. The Hall–Kier alpha value is -1.92. The third-order valence-corrected chi connectivity index (χ3v) is 3.63. The number of benzene rings is 1. The van der Waals surface area contributed by atoms with Crippen molar-refractivity contribution in [2.75, 3.05) is 24.4 Å². The van der Waals surface area contributed by atoms with Crippen molar-refractivity contribution in [2.24, 2.45) is 5.73 Å². The van der Waals surface area contributed by atoms with Crippen LogP contribution in [0.2, 0.25) is 0 Å².